The molecule has 0 unspecified atom stereocenters. The van der Waals surface area contributed by atoms with Gasteiger partial charge in [0.25, 0.3) is 0 Å². The standard InChI is InChI=1S/C16H14N4O2/c1-10-7-11(4-5-14(10)21)15-18-13-8-17-20(16(13)19-15)9-12-3-2-6-22-12/h2-8,21H,9H2,1H3,(H,18,19). The molecule has 0 saturated carbocycles. The van der Waals surface area contributed by atoms with Gasteiger partial charge in [0.15, 0.2) is 5.65 Å². The van der Waals surface area contributed by atoms with Crippen molar-refractivity contribution in [3.63, 3.8) is 0 Å². The van der Waals surface area contributed by atoms with Crippen LogP contribution < -0.4 is 0 Å². The minimum Gasteiger partial charge on any atom is -0.508 e. The Kier molecular flexibility index (Phi) is 2.75. The Morgan fingerprint density at radius 2 is 2.23 bits per heavy atom. The number of aryl methyl sites for hydroxylation is 1. The van der Waals surface area contributed by atoms with Crippen molar-refractivity contribution in [1.29, 1.82) is 0 Å². The molecule has 0 atom stereocenters. The molecule has 0 amide bonds. The quantitative estimate of drug-likeness (QED) is 0.608. The first-order valence-corrected chi connectivity index (χ1v) is 6.94. The third-order valence-electron chi connectivity index (χ3n) is 3.64. The molecule has 6 nitrogen and oxygen atoms in total. The fourth-order valence-electron chi connectivity index (χ4n) is 2.45. The molecular formula is C16H14N4O2. The van der Waals surface area contributed by atoms with Gasteiger partial charge in [-0.1, -0.05) is 0 Å². The highest BCUT2D eigenvalue weighted by molar-refractivity contribution is 5.76. The summed E-state index contributed by atoms with van der Waals surface area (Å²) in [4.78, 5) is 7.87. The van der Waals surface area contributed by atoms with E-state index in [0.29, 0.717) is 6.54 Å². The van der Waals surface area contributed by atoms with Crippen molar-refractivity contribution in [3.05, 3.63) is 54.1 Å². The second kappa shape index (κ2) is 4.77. The van der Waals surface area contributed by atoms with Crippen molar-refractivity contribution in [1.82, 2.24) is 19.7 Å². The summed E-state index contributed by atoms with van der Waals surface area (Å²) in [6.07, 6.45) is 3.40. The number of H-pyrrole nitrogens is 1. The largest absolute Gasteiger partial charge is 0.508 e. The first-order valence-electron chi connectivity index (χ1n) is 6.94. The molecule has 0 spiro atoms. The molecular weight excluding hydrogens is 280 g/mol. The zero-order chi connectivity index (χ0) is 15.1. The van der Waals surface area contributed by atoms with Gasteiger partial charge in [-0.15, -0.1) is 0 Å². The number of nitrogens with one attached hydrogen (secondary N) is 1. The number of nitrogens with zero attached hydrogens (tertiary/aromatic N) is 3. The summed E-state index contributed by atoms with van der Waals surface area (Å²) in [5.41, 5.74) is 3.38. The van der Waals surface area contributed by atoms with Gasteiger partial charge in [-0.3, -0.25) is 0 Å². The lowest BCUT2D eigenvalue weighted by Gasteiger charge is -2.01. The second-order valence-corrected chi connectivity index (χ2v) is 5.21. The Hall–Kier alpha value is -3.02. The van der Waals surface area contributed by atoms with Crippen LogP contribution in [0, 0.1) is 6.92 Å². The number of furan rings is 1. The van der Waals surface area contributed by atoms with Crippen molar-refractivity contribution >= 4 is 11.2 Å². The minimum atomic E-state index is 0.281. The van der Waals surface area contributed by atoms with E-state index in [1.165, 1.54) is 0 Å². The maximum absolute atomic E-state index is 9.62. The van der Waals surface area contributed by atoms with Gasteiger partial charge in [0.05, 0.1) is 12.5 Å². The molecule has 4 rings (SSSR count). The van der Waals surface area contributed by atoms with Crippen LogP contribution in [0.25, 0.3) is 22.6 Å². The van der Waals surface area contributed by atoms with E-state index >= 15 is 0 Å². The highest BCUT2D eigenvalue weighted by Crippen LogP contribution is 2.25. The average molecular weight is 294 g/mol. The Morgan fingerprint density at radius 3 is 3.00 bits per heavy atom. The number of aromatic amines is 1. The van der Waals surface area contributed by atoms with Gasteiger partial charge in [-0.2, -0.15) is 5.10 Å². The molecule has 110 valence electrons. The van der Waals surface area contributed by atoms with E-state index in [1.54, 1.807) is 23.2 Å². The number of benzene rings is 1. The molecule has 0 radical (unpaired) electrons. The second-order valence-electron chi connectivity index (χ2n) is 5.21. The molecule has 0 aliphatic rings. The molecule has 2 N–H and O–H groups in total. The summed E-state index contributed by atoms with van der Waals surface area (Å²) >= 11 is 0. The Labute approximate surface area is 126 Å². The van der Waals surface area contributed by atoms with Crippen LogP contribution in [0.15, 0.2) is 47.2 Å². The molecule has 0 saturated heterocycles. The predicted octanol–water partition coefficient (Wildman–Crippen LogP) is 3.08. The molecule has 0 aliphatic carbocycles. The normalized spacial score (nSPS) is 11.3. The Bertz CT molecular complexity index is 935. The fourth-order valence-corrected chi connectivity index (χ4v) is 2.45. The van der Waals surface area contributed by atoms with Crippen molar-refractivity contribution in [3.8, 4) is 17.1 Å². The number of hydrogen-bond donors (Lipinski definition) is 2. The van der Waals surface area contributed by atoms with Crippen LogP contribution in [0.1, 0.15) is 11.3 Å². The van der Waals surface area contributed by atoms with Crippen molar-refractivity contribution in [2.45, 2.75) is 13.5 Å². The van der Waals surface area contributed by atoms with Gasteiger partial charge in [0, 0.05) is 5.56 Å². The molecule has 22 heavy (non-hydrogen) atoms. The third-order valence-corrected chi connectivity index (χ3v) is 3.64. The van der Waals surface area contributed by atoms with E-state index in [9.17, 15) is 5.11 Å². The summed E-state index contributed by atoms with van der Waals surface area (Å²) in [6, 6.07) is 9.17. The smallest absolute Gasteiger partial charge is 0.177 e. The summed E-state index contributed by atoms with van der Waals surface area (Å²) in [5.74, 6) is 1.86. The number of hydrogen-bond acceptors (Lipinski definition) is 4. The number of phenolic OH excluding ortho intramolecular Hbond substituents is 1. The fraction of sp³-hybridized carbons (Fsp3) is 0.125. The lowest BCUT2D eigenvalue weighted by atomic mass is 10.1. The van der Waals surface area contributed by atoms with Crippen LogP contribution in [-0.4, -0.2) is 24.9 Å². The first-order chi connectivity index (χ1) is 10.7. The van der Waals surface area contributed by atoms with E-state index in [-0.39, 0.29) is 5.75 Å². The minimum absolute atomic E-state index is 0.281. The summed E-state index contributed by atoms with van der Waals surface area (Å²) in [7, 11) is 0. The maximum atomic E-state index is 9.62. The number of phenols is 1. The molecule has 1 aromatic carbocycles. The number of aromatic nitrogens is 4. The topological polar surface area (TPSA) is 79.9 Å². The Morgan fingerprint density at radius 1 is 1.32 bits per heavy atom. The maximum Gasteiger partial charge on any atom is 0.177 e. The van der Waals surface area contributed by atoms with E-state index in [0.717, 1.165) is 33.9 Å². The predicted molar refractivity (Wildman–Crippen MR) is 81.5 cm³/mol. The number of fused-ring (bicyclic) bond motifs is 1. The highest BCUT2D eigenvalue weighted by Gasteiger charge is 2.12. The molecule has 0 fully saturated rings. The van der Waals surface area contributed by atoms with Gasteiger partial charge >= 0.3 is 0 Å². The van der Waals surface area contributed by atoms with Crippen LogP contribution in [0.4, 0.5) is 0 Å². The van der Waals surface area contributed by atoms with Crippen LogP contribution in [0.3, 0.4) is 0 Å². The Balaban J connectivity index is 1.74. The summed E-state index contributed by atoms with van der Waals surface area (Å²) in [5, 5.41) is 13.9. The molecule has 0 bridgehead atoms. The van der Waals surface area contributed by atoms with Crippen LogP contribution in [0.5, 0.6) is 5.75 Å². The zero-order valence-corrected chi connectivity index (χ0v) is 11.9. The van der Waals surface area contributed by atoms with E-state index < -0.39 is 0 Å². The summed E-state index contributed by atoms with van der Waals surface area (Å²) < 4.78 is 7.14. The highest BCUT2D eigenvalue weighted by atomic mass is 16.3. The van der Waals surface area contributed by atoms with Crippen molar-refractivity contribution in [2.75, 3.05) is 0 Å². The van der Waals surface area contributed by atoms with Crippen molar-refractivity contribution < 1.29 is 9.52 Å². The molecule has 0 aliphatic heterocycles. The SMILES string of the molecule is Cc1cc(-c2nc3c(cnn3Cc3ccco3)[nH]2)ccc1O. The zero-order valence-electron chi connectivity index (χ0n) is 11.9. The first kappa shape index (κ1) is 12.7. The lowest BCUT2D eigenvalue weighted by molar-refractivity contribution is 0.471. The van der Waals surface area contributed by atoms with Crippen LogP contribution in [0.2, 0.25) is 0 Å². The van der Waals surface area contributed by atoms with Gasteiger partial charge in [-0.25, -0.2) is 9.67 Å². The van der Waals surface area contributed by atoms with Crippen LogP contribution in [-0.2, 0) is 6.54 Å². The summed E-state index contributed by atoms with van der Waals surface area (Å²) in [6.45, 7) is 2.40. The molecule has 3 heterocycles. The van der Waals surface area contributed by atoms with Gasteiger partial charge in [-0.05, 0) is 42.8 Å². The van der Waals surface area contributed by atoms with E-state index in [2.05, 4.69) is 15.1 Å². The lowest BCUT2D eigenvalue weighted by Crippen LogP contribution is -2.00. The monoisotopic (exact) mass is 294 g/mol. The third kappa shape index (κ3) is 2.05. The van der Waals surface area contributed by atoms with E-state index in [4.69, 9.17) is 4.42 Å². The number of imidazole rings is 1. The van der Waals surface area contributed by atoms with Gasteiger partial charge < -0.3 is 14.5 Å². The van der Waals surface area contributed by atoms with Crippen molar-refractivity contribution in [2.24, 2.45) is 0 Å². The number of aromatic hydroxyl groups is 1. The molecule has 6 heteroatoms. The molecule has 3 aromatic heterocycles. The number of rotatable bonds is 3. The van der Waals surface area contributed by atoms with Crippen LogP contribution >= 0.6 is 0 Å². The van der Waals surface area contributed by atoms with Gasteiger partial charge in [0.2, 0.25) is 0 Å². The van der Waals surface area contributed by atoms with Gasteiger partial charge in [0.1, 0.15) is 29.4 Å². The average Bonchev–Trinajstić information content (AvgIpc) is 3.20. The van der Waals surface area contributed by atoms with E-state index in [1.807, 2.05) is 31.2 Å². The molecule has 4 aromatic rings.